The SMILES string of the molecule is CC(C)(CCc1ccccc1)N1CC(=O)NC(=O)C1. The fourth-order valence-corrected chi connectivity index (χ4v) is 2.32. The summed E-state index contributed by atoms with van der Waals surface area (Å²) in [7, 11) is 0. The van der Waals surface area contributed by atoms with Gasteiger partial charge in [0.05, 0.1) is 13.1 Å². The van der Waals surface area contributed by atoms with Crippen molar-refractivity contribution in [2.75, 3.05) is 13.1 Å². The standard InChI is InChI=1S/C15H20N2O2/c1-15(2,9-8-12-6-4-3-5-7-12)17-10-13(18)16-14(19)11-17/h3-7H,8-11H2,1-2H3,(H,16,18,19). The minimum atomic E-state index is -0.205. The Morgan fingerprint density at radius 1 is 1.11 bits per heavy atom. The summed E-state index contributed by atoms with van der Waals surface area (Å²) >= 11 is 0. The van der Waals surface area contributed by atoms with Gasteiger partial charge in [0.2, 0.25) is 11.8 Å². The van der Waals surface area contributed by atoms with E-state index in [0.29, 0.717) is 13.1 Å². The van der Waals surface area contributed by atoms with E-state index in [2.05, 4.69) is 31.3 Å². The molecule has 0 spiro atoms. The molecule has 0 aromatic heterocycles. The molecule has 0 bridgehead atoms. The number of hydrogen-bond acceptors (Lipinski definition) is 3. The molecule has 1 aliphatic heterocycles. The molecule has 4 heteroatoms. The molecule has 2 rings (SSSR count). The maximum Gasteiger partial charge on any atom is 0.240 e. The molecule has 19 heavy (non-hydrogen) atoms. The maximum atomic E-state index is 11.4. The first-order chi connectivity index (χ1) is 8.97. The van der Waals surface area contributed by atoms with E-state index in [9.17, 15) is 9.59 Å². The van der Waals surface area contributed by atoms with Crippen molar-refractivity contribution in [1.29, 1.82) is 0 Å². The fourth-order valence-electron chi connectivity index (χ4n) is 2.32. The normalized spacial score (nSPS) is 17.4. The van der Waals surface area contributed by atoms with Gasteiger partial charge < -0.3 is 0 Å². The number of nitrogens with one attached hydrogen (secondary N) is 1. The molecular weight excluding hydrogens is 240 g/mol. The second-order valence-corrected chi connectivity index (χ2v) is 5.63. The molecule has 102 valence electrons. The van der Waals surface area contributed by atoms with Crippen LogP contribution in [0.15, 0.2) is 30.3 Å². The highest BCUT2D eigenvalue weighted by atomic mass is 16.2. The Labute approximate surface area is 113 Å². The first-order valence-corrected chi connectivity index (χ1v) is 6.59. The molecule has 1 saturated heterocycles. The lowest BCUT2D eigenvalue weighted by Crippen LogP contribution is -2.58. The number of benzene rings is 1. The highest BCUT2D eigenvalue weighted by molar-refractivity contribution is 5.99. The molecule has 1 N–H and O–H groups in total. The van der Waals surface area contributed by atoms with Crippen LogP contribution in [0.4, 0.5) is 0 Å². The van der Waals surface area contributed by atoms with Gasteiger partial charge in [0.25, 0.3) is 0 Å². The van der Waals surface area contributed by atoms with E-state index >= 15 is 0 Å². The van der Waals surface area contributed by atoms with Gasteiger partial charge in [-0.3, -0.25) is 19.8 Å². The summed E-state index contributed by atoms with van der Waals surface area (Å²) < 4.78 is 0. The van der Waals surface area contributed by atoms with Gasteiger partial charge in [-0.2, -0.15) is 0 Å². The van der Waals surface area contributed by atoms with Gasteiger partial charge in [0, 0.05) is 5.54 Å². The Morgan fingerprint density at radius 3 is 2.26 bits per heavy atom. The Bertz CT molecular complexity index is 452. The summed E-state index contributed by atoms with van der Waals surface area (Å²) in [6.45, 7) is 4.77. The zero-order chi connectivity index (χ0) is 13.9. The predicted octanol–water partition coefficient (Wildman–Crippen LogP) is 1.36. The van der Waals surface area contributed by atoms with E-state index in [-0.39, 0.29) is 17.4 Å². The third-order valence-corrected chi connectivity index (χ3v) is 3.67. The smallest absolute Gasteiger partial charge is 0.240 e. The summed E-state index contributed by atoms with van der Waals surface area (Å²) in [6.07, 6.45) is 1.86. The van der Waals surface area contributed by atoms with Crippen molar-refractivity contribution < 1.29 is 9.59 Å². The van der Waals surface area contributed by atoms with Crippen molar-refractivity contribution in [3.8, 4) is 0 Å². The molecule has 0 atom stereocenters. The summed E-state index contributed by atoms with van der Waals surface area (Å²) in [6, 6.07) is 10.3. The molecular formula is C15H20N2O2. The number of rotatable bonds is 4. The highest BCUT2D eigenvalue weighted by Crippen LogP contribution is 2.22. The zero-order valence-electron chi connectivity index (χ0n) is 11.5. The van der Waals surface area contributed by atoms with Gasteiger partial charge in [0.1, 0.15) is 0 Å². The molecule has 0 radical (unpaired) electrons. The van der Waals surface area contributed by atoms with Crippen LogP contribution in [0.1, 0.15) is 25.8 Å². The Kier molecular flexibility index (Phi) is 4.00. The van der Waals surface area contributed by atoms with E-state index in [0.717, 1.165) is 12.8 Å². The maximum absolute atomic E-state index is 11.4. The van der Waals surface area contributed by atoms with Crippen LogP contribution in [0.25, 0.3) is 0 Å². The van der Waals surface area contributed by atoms with Crippen LogP contribution in [0, 0.1) is 0 Å². The van der Waals surface area contributed by atoms with Crippen molar-refractivity contribution >= 4 is 11.8 Å². The van der Waals surface area contributed by atoms with E-state index in [1.54, 1.807) is 0 Å². The van der Waals surface area contributed by atoms with E-state index < -0.39 is 0 Å². The number of aryl methyl sites for hydroxylation is 1. The van der Waals surface area contributed by atoms with E-state index in [4.69, 9.17) is 0 Å². The Morgan fingerprint density at radius 2 is 1.68 bits per heavy atom. The summed E-state index contributed by atoms with van der Waals surface area (Å²) in [5.41, 5.74) is 1.12. The highest BCUT2D eigenvalue weighted by Gasteiger charge is 2.33. The molecule has 0 aliphatic carbocycles. The molecule has 1 aromatic rings. The topological polar surface area (TPSA) is 49.4 Å². The summed E-state index contributed by atoms with van der Waals surface area (Å²) in [5.74, 6) is -0.409. The van der Waals surface area contributed by atoms with Crippen LogP contribution in [-0.4, -0.2) is 35.3 Å². The molecule has 2 amide bonds. The van der Waals surface area contributed by atoms with Crippen LogP contribution in [0.3, 0.4) is 0 Å². The number of carbonyl (C=O) groups excluding carboxylic acids is 2. The monoisotopic (exact) mass is 260 g/mol. The van der Waals surface area contributed by atoms with Crippen molar-refractivity contribution in [1.82, 2.24) is 10.2 Å². The number of nitrogens with zero attached hydrogens (tertiary/aromatic N) is 1. The number of carbonyl (C=O) groups is 2. The quantitative estimate of drug-likeness (QED) is 0.832. The second-order valence-electron chi connectivity index (χ2n) is 5.63. The van der Waals surface area contributed by atoms with Crippen LogP contribution >= 0.6 is 0 Å². The number of imide groups is 1. The fraction of sp³-hybridized carbons (Fsp3) is 0.467. The number of piperazine rings is 1. The van der Waals surface area contributed by atoms with Crippen LogP contribution in [0.2, 0.25) is 0 Å². The third-order valence-electron chi connectivity index (χ3n) is 3.67. The van der Waals surface area contributed by atoms with Gasteiger partial charge in [-0.1, -0.05) is 30.3 Å². The first kappa shape index (κ1) is 13.7. The lowest BCUT2D eigenvalue weighted by Gasteiger charge is -2.39. The number of amides is 2. The minimum absolute atomic E-state index is 0.163. The predicted molar refractivity (Wildman–Crippen MR) is 73.6 cm³/mol. The number of hydrogen-bond donors (Lipinski definition) is 1. The van der Waals surface area contributed by atoms with Gasteiger partial charge >= 0.3 is 0 Å². The molecule has 0 unspecified atom stereocenters. The van der Waals surface area contributed by atoms with E-state index in [1.807, 2.05) is 23.1 Å². The molecule has 1 aliphatic rings. The van der Waals surface area contributed by atoms with Crippen molar-refractivity contribution in [3.63, 3.8) is 0 Å². The van der Waals surface area contributed by atoms with Crippen LogP contribution in [-0.2, 0) is 16.0 Å². The molecule has 1 heterocycles. The average molecular weight is 260 g/mol. The second kappa shape index (κ2) is 5.53. The Balaban J connectivity index is 1.97. The molecule has 4 nitrogen and oxygen atoms in total. The van der Waals surface area contributed by atoms with Gasteiger partial charge in [0.15, 0.2) is 0 Å². The van der Waals surface area contributed by atoms with Crippen LogP contribution in [0.5, 0.6) is 0 Å². The van der Waals surface area contributed by atoms with Crippen LogP contribution < -0.4 is 5.32 Å². The van der Waals surface area contributed by atoms with Crippen molar-refractivity contribution in [2.45, 2.75) is 32.2 Å². The lowest BCUT2D eigenvalue weighted by molar-refractivity contribution is -0.138. The molecule has 1 fully saturated rings. The summed E-state index contributed by atoms with van der Waals surface area (Å²) in [5, 5.41) is 2.34. The minimum Gasteiger partial charge on any atom is -0.294 e. The molecule has 1 aromatic carbocycles. The zero-order valence-corrected chi connectivity index (χ0v) is 11.5. The van der Waals surface area contributed by atoms with E-state index in [1.165, 1.54) is 5.56 Å². The largest absolute Gasteiger partial charge is 0.294 e. The summed E-state index contributed by atoms with van der Waals surface area (Å²) in [4.78, 5) is 24.8. The molecule has 0 saturated carbocycles. The third kappa shape index (κ3) is 3.64. The van der Waals surface area contributed by atoms with Gasteiger partial charge in [-0.05, 0) is 32.3 Å². The Hall–Kier alpha value is -1.68. The van der Waals surface area contributed by atoms with Crippen molar-refractivity contribution in [2.24, 2.45) is 0 Å². The lowest BCUT2D eigenvalue weighted by atomic mass is 9.92. The van der Waals surface area contributed by atoms with Gasteiger partial charge in [-0.25, -0.2) is 0 Å². The van der Waals surface area contributed by atoms with Crippen molar-refractivity contribution in [3.05, 3.63) is 35.9 Å². The average Bonchev–Trinajstić information content (AvgIpc) is 2.37. The van der Waals surface area contributed by atoms with Gasteiger partial charge in [-0.15, -0.1) is 0 Å². The first-order valence-electron chi connectivity index (χ1n) is 6.59.